The van der Waals surface area contributed by atoms with Crippen LogP contribution in [0.5, 0.6) is 5.75 Å². The van der Waals surface area contributed by atoms with Gasteiger partial charge < -0.3 is 15.4 Å². The van der Waals surface area contributed by atoms with Crippen LogP contribution in [0, 0.1) is 0 Å². The van der Waals surface area contributed by atoms with E-state index in [9.17, 15) is 4.79 Å². The number of nitrogens with one attached hydrogen (secondary N) is 2. The summed E-state index contributed by atoms with van der Waals surface area (Å²) in [6.07, 6.45) is 0. The van der Waals surface area contributed by atoms with E-state index in [1.807, 2.05) is 7.05 Å². The summed E-state index contributed by atoms with van der Waals surface area (Å²) < 4.78 is 5.91. The normalized spacial score (nSPS) is 9.44. The molecule has 1 aromatic rings. The highest BCUT2D eigenvalue weighted by Crippen LogP contribution is 2.34. The van der Waals surface area contributed by atoms with Crippen molar-refractivity contribution in [3.63, 3.8) is 0 Å². The van der Waals surface area contributed by atoms with Crippen LogP contribution in [0.1, 0.15) is 9.67 Å². The van der Waals surface area contributed by atoms with Gasteiger partial charge in [-0.3, -0.25) is 4.79 Å². The van der Waals surface area contributed by atoms with Gasteiger partial charge in [0.2, 0.25) is 0 Å². The van der Waals surface area contributed by atoms with Crippen molar-refractivity contribution < 1.29 is 9.53 Å². The van der Waals surface area contributed by atoms with Gasteiger partial charge in [0.25, 0.3) is 5.91 Å². The summed E-state index contributed by atoms with van der Waals surface area (Å²) in [6, 6.07) is 1.73. The fourth-order valence-corrected chi connectivity index (χ4v) is 2.56. The predicted octanol–water partition coefficient (Wildman–Crippen LogP) is 1.89. The van der Waals surface area contributed by atoms with Gasteiger partial charge in [-0.15, -0.1) is 23.7 Å². The van der Waals surface area contributed by atoms with Crippen molar-refractivity contribution >= 4 is 45.6 Å². The lowest BCUT2D eigenvalue weighted by Crippen LogP contribution is -2.29. The second-order valence-electron chi connectivity index (χ2n) is 2.81. The Morgan fingerprint density at radius 3 is 2.75 bits per heavy atom. The van der Waals surface area contributed by atoms with Crippen LogP contribution < -0.4 is 15.4 Å². The largest absolute Gasteiger partial charge is 0.495 e. The molecule has 0 radical (unpaired) electrons. The number of rotatable bonds is 5. The number of methoxy groups -OCH3 is 1. The minimum absolute atomic E-state index is 0. The van der Waals surface area contributed by atoms with Gasteiger partial charge >= 0.3 is 0 Å². The van der Waals surface area contributed by atoms with Crippen LogP contribution in [-0.4, -0.2) is 33.2 Å². The van der Waals surface area contributed by atoms with E-state index in [0.717, 1.165) is 10.3 Å². The van der Waals surface area contributed by atoms with Gasteiger partial charge in [-0.05, 0) is 23.0 Å². The molecule has 1 rings (SSSR count). The Morgan fingerprint density at radius 2 is 2.25 bits per heavy atom. The third kappa shape index (κ3) is 4.29. The van der Waals surface area contributed by atoms with Gasteiger partial charge in [0.05, 0.1) is 12.0 Å². The minimum Gasteiger partial charge on any atom is -0.495 e. The van der Waals surface area contributed by atoms with Crippen molar-refractivity contribution in [2.75, 3.05) is 27.2 Å². The van der Waals surface area contributed by atoms with Crippen molar-refractivity contribution in [3.05, 3.63) is 14.7 Å². The van der Waals surface area contributed by atoms with Gasteiger partial charge in [-0.1, -0.05) is 0 Å². The minimum atomic E-state index is -0.0701. The number of carbonyl (C=O) groups is 1. The molecule has 0 atom stereocenters. The number of ether oxygens (including phenoxy) is 1. The van der Waals surface area contributed by atoms with E-state index in [0.29, 0.717) is 17.2 Å². The second kappa shape index (κ2) is 7.89. The molecule has 16 heavy (non-hydrogen) atoms. The van der Waals surface area contributed by atoms with E-state index in [-0.39, 0.29) is 18.3 Å². The van der Waals surface area contributed by atoms with E-state index in [1.54, 1.807) is 13.2 Å². The number of halogens is 2. The smallest absolute Gasteiger partial charge is 0.261 e. The number of thiophene rings is 1. The van der Waals surface area contributed by atoms with Crippen LogP contribution in [0.25, 0.3) is 0 Å². The van der Waals surface area contributed by atoms with E-state index < -0.39 is 0 Å². The molecule has 0 aromatic carbocycles. The second-order valence-corrected chi connectivity index (χ2v) is 5.18. The summed E-state index contributed by atoms with van der Waals surface area (Å²) in [6.45, 7) is 1.38. The molecule has 0 unspecified atom stereocenters. The highest BCUT2D eigenvalue weighted by atomic mass is 79.9. The van der Waals surface area contributed by atoms with E-state index >= 15 is 0 Å². The van der Waals surface area contributed by atoms with Gasteiger partial charge in [0.15, 0.2) is 0 Å². The molecule has 4 nitrogen and oxygen atoms in total. The van der Waals surface area contributed by atoms with Crippen LogP contribution in [0.3, 0.4) is 0 Å². The monoisotopic (exact) mass is 328 g/mol. The third-order valence-corrected chi connectivity index (χ3v) is 3.54. The molecular weight excluding hydrogens is 316 g/mol. The van der Waals surface area contributed by atoms with E-state index in [1.165, 1.54) is 11.3 Å². The van der Waals surface area contributed by atoms with Crippen molar-refractivity contribution in [2.24, 2.45) is 0 Å². The maximum Gasteiger partial charge on any atom is 0.261 e. The van der Waals surface area contributed by atoms with Gasteiger partial charge in [0, 0.05) is 19.2 Å². The molecule has 0 aliphatic heterocycles. The van der Waals surface area contributed by atoms with Crippen LogP contribution in [-0.2, 0) is 0 Å². The quantitative estimate of drug-likeness (QED) is 0.811. The van der Waals surface area contributed by atoms with E-state index in [4.69, 9.17) is 4.74 Å². The summed E-state index contributed by atoms with van der Waals surface area (Å²) in [7, 11) is 3.42. The summed E-state index contributed by atoms with van der Waals surface area (Å²) in [5, 5.41) is 5.75. The first kappa shape index (κ1) is 15.7. The molecule has 0 bridgehead atoms. The summed E-state index contributed by atoms with van der Waals surface area (Å²) in [5.74, 6) is 0.623. The highest BCUT2D eigenvalue weighted by molar-refractivity contribution is 9.11. The summed E-state index contributed by atoms with van der Waals surface area (Å²) >= 11 is 4.69. The lowest BCUT2D eigenvalue weighted by Gasteiger charge is -2.01. The Kier molecular flexibility index (Phi) is 7.74. The number of hydrogen-bond acceptors (Lipinski definition) is 4. The van der Waals surface area contributed by atoms with Gasteiger partial charge in [-0.25, -0.2) is 0 Å². The molecule has 1 heterocycles. The van der Waals surface area contributed by atoms with Crippen LogP contribution >= 0.6 is 39.7 Å². The topological polar surface area (TPSA) is 50.4 Å². The predicted molar refractivity (Wildman–Crippen MR) is 72.1 cm³/mol. The Labute approximate surface area is 113 Å². The fourth-order valence-electron chi connectivity index (χ4n) is 0.991. The maximum absolute atomic E-state index is 11.6. The first-order valence-corrected chi connectivity index (χ1v) is 6.06. The van der Waals surface area contributed by atoms with Crippen molar-refractivity contribution in [1.82, 2.24) is 10.6 Å². The molecular formula is C9H14BrClN2O2S. The molecule has 0 saturated heterocycles. The molecule has 0 aliphatic rings. The standard InChI is InChI=1S/C9H13BrN2O2S.ClH/c1-11-3-4-12-9(13)7-5-6(14-2)8(10)15-7;/h5,11H,3-4H2,1-2H3,(H,12,13);1H. The molecule has 1 aromatic heterocycles. The Hall–Kier alpha value is -0.300. The average molecular weight is 330 g/mol. The summed E-state index contributed by atoms with van der Waals surface area (Å²) in [5.41, 5.74) is 0. The highest BCUT2D eigenvalue weighted by Gasteiger charge is 2.12. The Bertz CT molecular complexity index is 346. The number of carbonyl (C=O) groups excluding carboxylic acids is 1. The van der Waals surface area contributed by atoms with Crippen LogP contribution in [0.15, 0.2) is 9.85 Å². The Balaban J connectivity index is 0.00000225. The van der Waals surface area contributed by atoms with Crippen molar-refractivity contribution in [1.29, 1.82) is 0 Å². The number of likely N-dealkylation sites (N-methyl/N-ethyl adjacent to an activating group) is 1. The molecule has 0 spiro atoms. The fraction of sp³-hybridized carbons (Fsp3) is 0.444. The summed E-state index contributed by atoms with van der Waals surface area (Å²) in [4.78, 5) is 12.2. The first-order valence-electron chi connectivity index (χ1n) is 4.45. The van der Waals surface area contributed by atoms with Gasteiger partial charge in [-0.2, -0.15) is 0 Å². The Morgan fingerprint density at radius 1 is 1.56 bits per heavy atom. The van der Waals surface area contributed by atoms with Gasteiger partial charge in [0.1, 0.15) is 9.54 Å². The lowest BCUT2D eigenvalue weighted by atomic mass is 10.4. The SMILES string of the molecule is CNCCNC(=O)c1cc(OC)c(Br)s1.Cl. The first-order chi connectivity index (χ1) is 7.19. The number of amides is 1. The lowest BCUT2D eigenvalue weighted by molar-refractivity contribution is 0.0958. The molecule has 1 amide bonds. The third-order valence-electron chi connectivity index (χ3n) is 1.76. The van der Waals surface area contributed by atoms with Crippen molar-refractivity contribution in [3.8, 4) is 5.75 Å². The average Bonchev–Trinajstić information content (AvgIpc) is 2.60. The van der Waals surface area contributed by atoms with Crippen LogP contribution in [0.4, 0.5) is 0 Å². The molecule has 2 N–H and O–H groups in total. The van der Waals surface area contributed by atoms with Crippen LogP contribution in [0.2, 0.25) is 0 Å². The molecule has 0 saturated carbocycles. The van der Waals surface area contributed by atoms with E-state index in [2.05, 4.69) is 26.6 Å². The molecule has 0 aliphatic carbocycles. The zero-order chi connectivity index (χ0) is 11.3. The zero-order valence-electron chi connectivity index (χ0n) is 9.00. The van der Waals surface area contributed by atoms with Crippen molar-refractivity contribution in [2.45, 2.75) is 0 Å². The maximum atomic E-state index is 11.6. The molecule has 7 heteroatoms. The zero-order valence-corrected chi connectivity index (χ0v) is 12.2. The molecule has 0 fully saturated rings. The number of hydrogen-bond donors (Lipinski definition) is 2. The molecule has 92 valence electrons.